The van der Waals surface area contributed by atoms with Gasteiger partial charge in [-0.3, -0.25) is 4.79 Å². The van der Waals surface area contributed by atoms with Crippen LogP contribution in [-0.4, -0.2) is 12.5 Å². The van der Waals surface area contributed by atoms with Crippen molar-refractivity contribution >= 4 is 11.6 Å². The van der Waals surface area contributed by atoms with Crippen molar-refractivity contribution < 1.29 is 9.53 Å². The van der Waals surface area contributed by atoms with Crippen molar-refractivity contribution in [3.8, 4) is 11.8 Å². The molecule has 1 N–H and O–H groups in total. The number of carbonyl (C=O) groups excluding carboxylic acids is 1. The van der Waals surface area contributed by atoms with Crippen LogP contribution in [-0.2, 0) is 0 Å². The van der Waals surface area contributed by atoms with Crippen LogP contribution in [0, 0.1) is 17.2 Å². The van der Waals surface area contributed by atoms with Crippen LogP contribution in [0.15, 0.2) is 48.5 Å². The van der Waals surface area contributed by atoms with Crippen LogP contribution in [0.1, 0.15) is 36.2 Å². The SMILES string of the molecule is CC(C)CCOc1ccc(C(=O)Nc2ccc(C#N)cc2)cc1. The van der Waals surface area contributed by atoms with Gasteiger partial charge in [-0.15, -0.1) is 0 Å². The zero-order chi connectivity index (χ0) is 16.7. The van der Waals surface area contributed by atoms with Crippen molar-refractivity contribution in [3.63, 3.8) is 0 Å². The van der Waals surface area contributed by atoms with E-state index < -0.39 is 0 Å². The van der Waals surface area contributed by atoms with E-state index >= 15 is 0 Å². The quantitative estimate of drug-likeness (QED) is 0.868. The molecule has 2 aromatic rings. The molecule has 0 aliphatic rings. The Bertz CT molecular complexity index is 683. The number of nitrogens with one attached hydrogen (secondary N) is 1. The maximum absolute atomic E-state index is 12.2. The number of amides is 1. The molecule has 4 nitrogen and oxygen atoms in total. The largest absolute Gasteiger partial charge is 0.494 e. The summed E-state index contributed by atoms with van der Waals surface area (Å²) in [6.07, 6.45) is 1.00. The van der Waals surface area contributed by atoms with Gasteiger partial charge in [0, 0.05) is 11.3 Å². The molecule has 0 aliphatic carbocycles. The summed E-state index contributed by atoms with van der Waals surface area (Å²) in [5, 5.41) is 11.6. The molecule has 0 radical (unpaired) electrons. The monoisotopic (exact) mass is 308 g/mol. The molecule has 4 heteroatoms. The number of hydrogen-bond donors (Lipinski definition) is 1. The summed E-state index contributed by atoms with van der Waals surface area (Å²) in [5.41, 5.74) is 1.78. The molecule has 2 aromatic carbocycles. The number of rotatable bonds is 6. The van der Waals surface area contributed by atoms with E-state index in [0.29, 0.717) is 29.3 Å². The maximum Gasteiger partial charge on any atom is 0.255 e. The third-order valence-electron chi connectivity index (χ3n) is 3.35. The number of benzene rings is 2. The summed E-state index contributed by atoms with van der Waals surface area (Å²) < 4.78 is 5.63. The summed E-state index contributed by atoms with van der Waals surface area (Å²) in [7, 11) is 0. The zero-order valence-electron chi connectivity index (χ0n) is 13.4. The number of anilines is 1. The summed E-state index contributed by atoms with van der Waals surface area (Å²) in [6, 6.07) is 15.9. The molecule has 0 bridgehead atoms. The Hall–Kier alpha value is -2.80. The predicted molar refractivity (Wildman–Crippen MR) is 90.5 cm³/mol. The minimum absolute atomic E-state index is 0.191. The summed E-state index contributed by atoms with van der Waals surface area (Å²) in [6.45, 7) is 4.98. The standard InChI is InChI=1S/C19H20N2O2/c1-14(2)11-12-23-18-9-5-16(6-10-18)19(22)21-17-7-3-15(13-20)4-8-17/h3-10,14H,11-12H2,1-2H3,(H,21,22). The molecule has 0 aromatic heterocycles. The van der Waals surface area contributed by atoms with Crippen molar-refractivity contribution in [1.82, 2.24) is 0 Å². The summed E-state index contributed by atoms with van der Waals surface area (Å²) in [5.74, 6) is 1.18. The van der Waals surface area contributed by atoms with Crippen LogP contribution in [0.2, 0.25) is 0 Å². The maximum atomic E-state index is 12.2. The Morgan fingerprint density at radius 2 is 1.78 bits per heavy atom. The van der Waals surface area contributed by atoms with Crippen LogP contribution < -0.4 is 10.1 Å². The molecule has 0 saturated heterocycles. The molecule has 0 unspecified atom stereocenters. The van der Waals surface area contributed by atoms with E-state index in [-0.39, 0.29) is 5.91 Å². The fourth-order valence-electron chi connectivity index (χ4n) is 1.95. The Labute approximate surface area is 136 Å². The first-order valence-electron chi connectivity index (χ1n) is 7.63. The van der Waals surface area contributed by atoms with Gasteiger partial charge < -0.3 is 10.1 Å². The Balaban J connectivity index is 1.93. The minimum Gasteiger partial charge on any atom is -0.494 e. The molecule has 0 fully saturated rings. The fourth-order valence-corrected chi connectivity index (χ4v) is 1.95. The molecule has 0 heterocycles. The number of nitrogens with zero attached hydrogens (tertiary/aromatic N) is 1. The van der Waals surface area contributed by atoms with Gasteiger partial charge in [-0.2, -0.15) is 5.26 Å². The van der Waals surface area contributed by atoms with Gasteiger partial charge in [0.15, 0.2) is 0 Å². The van der Waals surface area contributed by atoms with Gasteiger partial charge in [-0.05, 0) is 60.9 Å². The van der Waals surface area contributed by atoms with Crippen molar-refractivity contribution in [2.75, 3.05) is 11.9 Å². The molecule has 0 spiro atoms. The highest BCUT2D eigenvalue weighted by molar-refractivity contribution is 6.04. The number of nitriles is 1. The summed E-state index contributed by atoms with van der Waals surface area (Å²) in [4.78, 5) is 12.2. The second-order valence-corrected chi connectivity index (χ2v) is 5.70. The van der Waals surface area contributed by atoms with Crippen LogP contribution >= 0.6 is 0 Å². The lowest BCUT2D eigenvalue weighted by atomic mass is 10.1. The first-order valence-corrected chi connectivity index (χ1v) is 7.63. The van der Waals surface area contributed by atoms with E-state index in [2.05, 4.69) is 19.2 Å². The Morgan fingerprint density at radius 3 is 2.35 bits per heavy atom. The van der Waals surface area contributed by atoms with Crippen molar-refractivity contribution in [1.29, 1.82) is 5.26 Å². The van der Waals surface area contributed by atoms with Gasteiger partial charge in [0.25, 0.3) is 5.91 Å². The van der Waals surface area contributed by atoms with E-state index in [0.717, 1.165) is 12.2 Å². The second kappa shape index (κ2) is 8.00. The van der Waals surface area contributed by atoms with Gasteiger partial charge in [-0.1, -0.05) is 13.8 Å². The van der Waals surface area contributed by atoms with Gasteiger partial charge >= 0.3 is 0 Å². The molecular formula is C19H20N2O2. The molecule has 0 aliphatic heterocycles. The number of hydrogen-bond acceptors (Lipinski definition) is 3. The first-order chi connectivity index (χ1) is 11.1. The lowest BCUT2D eigenvalue weighted by molar-refractivity contribution is 0.102. The Morgan fingerprint density at radius 1 is 1.13 bits per heavy atom. The van der Waals surface area contributed by atoms with Crippen molar-refractivity contribution in [2.45, 2.75) is 20.3 Å². The third-order valence-corrected chi connectivity index (χ3v) is 3.35. The lowest BCUT2D eigenvalue weighted by Gasteiger charge is -2.09. The predicted octanol–water partition coefficient (Wildman–Crippen LogP) is 4.24. The fraction of sp³-hybridized carbons (Fsp3) is 0.263. The highest BCUT2D eigenvalue weighted by Crippen LogP contribution is 2.15. The average Bonchev–Trinajstić information content (AvgIpc) is 2.56. The van der Waals surface area contributed by atoms with Gasteiger partial charge in [-0.25, -0.2) is 0 Å². The normalized spacial score (nSPS) is 10.2. The highest BCUT2D eigenvalue weighted by atomic mass is 16.5. The van der Waals surface area contributed by atoms with Crippen molar-refractivity contribution in [3.05, 3.63) is 59.7 Å². The second-order valence-electron chi connectivity index (χ2n) is 5.70. The topological polar surface area (TPSA) is 62.1 Å². The average molecular weight is 308 g/mol. The van der Waals surface area contributed by atoms with E-state index in [1.54, 1.807) is 48.5 Å². The highest BCUT2D eigenvalue weighted by Gasteiger charge is 2.06. The molecule has 118 valence electrons. The van der Waals surface area contributed by atoms with E-state index in [1.807, 2.05) is 6.07 Å². The van der Waals surface area contributed by atoms with Gasteiger partial charge in [0.05, 0.1) is 18.2 Å². The third kappa shape index (κ3) is 5.15. The van der Waals surface area contributed by atoms with Crippen LogP contribution in [0.5, 0.6) is 5.75 Å². The van der Waals surface area contributed by atoms with Crippen LogP contribution in [0.4, 0.5) is 5.69 Å². The van der Waals surface area contributed by atoms with Gasteiger partial charge in [0.1, 0.15) is 5.75 Å². The summed E-state index contributed by atoms with van der Waals surface area (Å²) >= 11 is 0. The smallest absolute Gasteiger partial charge is 0.255 e. The molecule has 0 atom stereocenters. The van der Waals surface area contributed by atoms with E-state index in [1.165, 1.54) is 0 Å². The van der Waals surface area contributed by atoms with E-state index in [4.69, 9.17) is 10.00 Å². The Kier molecular flexibility index (Phi) is 5.76. The molecule has 0 saturated carbocycles. The molecular weight excluding hydrogens is 288 g/mol. The van der Waals surface area contributed by atoms with Crippen LogP contribution in [0.25, 0.3) is 0 Å². The zero-order valence-corrected chi connectivity index (χ0v) is 13.4. The number of ether oxygens (including phenoxy) is 1. The van der Waals surface area contributed by atoms with Crippen LogP contribution in [0.3, 0.4) is 0 Å². The lowest BCUT2D eigenvalue weighted by Crippen LogP contribution is -2.11. The van der Waals surface area contributed by atoms with Gasteiger partial charge in [0.2, 0.25) is 0 Å². The molecule has 1 amide bonds. The van der Waals surface area contributed by atoms with Crippen molar-refractivity contribution in [2.24, 2.45) is 5.92 Å². The molecule has 23 heavy (non-hydrogen) atoms. The minimum atomic E-state index is -0.191. The van der Waals surface area contributed by atoms with E-state index in [9.17, 15) is 4.79 Å². The number of carbonyl (C=O) groups is 1. The molecule has 2 rings (SSSR count). The first kappa shape index (κ1) is 16.6.